The molecule has 1 aliphatic heterocycles. The highest BCUT2D eigenvalue weighted by atomic mass is 32.2. The molecule has 0 aliphatic carbocycles. The van der Waals surface area contributed by atoms with E-state index in [2.05, 4.69) is 10.5 Å². The largest absolute Gasteiger partial charge is 0.496 e. The summed E-state index contributed by atoms with van der Waals surface area (Å²) in [6, 6.07) is 5.77. The predicted octanol–water partition coefficient (Wildman–Crippen LogP) is 2.33. The molecule has 1 aliphatic rings. The highest BCUT2D eigenvalue weighted by Gasteiger charge is 2.36. The van der Waals surface area contributed by atoms with Gasteiger partial charge in [-0.3, -0.25) is 4.79 Å². The Balaban J connectivity index is 1.67. The van der Waals surface area contributed by atoms with Gasteiger partial charge >= 0.3 is 0 Å². The summed E-state index contributed by atoms with van der Waals surface area (Å²) in [7, 11) is -2.13. The molecule has 29 heavy (non-hydrogen) atoms. The Bertz CT molecular complexity index is 980. The molecule has 8 nitrogen and oxygen atoms in total. The highest BCUT2D eigenvalue weighted by molar-refractivity contribution is 7.89. The fourth-order valence-electron chi connectivity index (χ4n) is 3.65. The second kappa shape index (κ2) is 8.54. The van der Waals surface area contributed by atoms with E-state index in [1.54, 1.807) is 21.0 Å². The molecule has 1 atom stereocenters. The molecular formula is C20H27N3O5S. The fraction of sp³-hybridized carbons (Fsp3) is 0.500. The molecule has 0 saturated carbocycles. The van der Waals surface area contributed by atoms with Crippen LogP contribution in [0.5, 0.6) is 5.75 Å². The number of hydrogen-bond donors (Lipinski definition) is 1. The van der Waals surface area contributed by atoms with Crippen molar-refractivity contribution in [2.45, 2.75) is 45.1 Å². The van der Waals surface area contributed by atoms with Gasteiger partial charge in [0.1, 0.15) is 16.3 Å². The Morgan fingerprint density at radius 1 is 1.34 bits per heavy atom. The number of carbonyl (C=O) groups excluding carboxylic acids is 1. The van der Waals surface area contributed by atoms with Gasteiger partial charge in [-0.1, -0.05) is 17.3 Å². The molecule has 1 unspecified atom stereocenters. The number of sulfonamides is 1. The summed E-state index contributed by atoms with van der Waals surface area (Å²) in [5.74, 6) is 0.489. The minimum absolute atomic E-state index is 0.102. The number of methoxy groups -OCH3 is 1. The number of hydrogen-bond acceptors (Lipinski definition) is 6. The van der Waals surface area contributed by atoms with Crippen LogP contribution >= 0.6 is 0 Å². The maximum atomic E-state index is 13.0. The third-order valence-electron chi connectivity index (χ3n) is 5.26. The van der Waals surface area contributed by atoms with Crippen molar-refractivity contribution in [2.24, 2.45) is 5.92 Å². The summed E-state index contributed by atoms with van der Waals surface area (Å²) in [6.07, 6.45) is 1.27. The molecule has 1 saturated heterocycles. The number of ether oxygens (including phenoxy) is 1. The zero-order chi connectivity index (χ0) is 21.2. The molecule has 1 aromatic heterocycles. The average Bonchev–Trinajstić information content (AvgIpc) is 3.06. The van der Waals surface area contributed by atoms with Crippen LogP contribution in [0.4, 0.5) is 0 Å². The fourth-order valence-corrected chi connectivity index (χ4v) is 5.47. The minimum atomic E-state index is -3.75. The summed E-state index contributed by atoms with van der Waals surface area (Å²) >= 11 is 0. The van der Waals surface area contributed by atoms with E-state index in [0.717, 1.165) is 16.9 Å². The van der Waals surface area contributed by atoms with Crippen LogP contribution in [0, 0.1) is 26.7 Å². The van der Waals surface area contributed by atoms with Gasteiger partial charge in [0.25, 0.3) is 0 Å². The van der Waals surface area contributed by atoms with Crippen LogP contribution in [0.15, 0.2) is 27.6 Å². The average molecular weight is 422 g/mol. The van der Waals surface area contributed by atoms with Crippen molar-refractivity contribution in [2.75, 3.05) is 20.2 Å². The number of aryl methyl sites for hydroxylation is 3. The van der Waals surface area contributed by atoms with Crippen LogP contribution in [0.3, 0.4) is 0 Å². The molecule has 3 rings (SSSR count). The molecule has 1 N–H and O–H groups in total. The summed E-state index contributed by atoms with van der Waals surface area (Å²) < 4.78 is 37.7. The first-order valence-electron chi connectivity index (χ1n) is 9.58. The SMILES string of the molecule is COc1cc(CNC(=O)C2CCCN(S(=O)(=O)c3c(C)noc3C)C2)ccc1C. The Kier molecular flexibility index (Phi) is 6.28. The molecule has 2 aromatic rings. The summed E-state index contributed by atoms with van der Waals surface area (Å²) in [6.45, 7) is 6.03. The number of aromatic nitrogens is 1. The van der Waals surface area contributed by atoms with E-state index in [9.17, 15) is 13.2 Å². The van der Waals surface area contributed by atoms with E-state index < -0.39 is 15.9 Å². The van der Waals surface area contributed by atoms with Crippen molar-refractivity contribution in [3.05, 3.63) is 40.8 Å². The van der Waals surface area contributed by atoms with E-state index >= 15 is 0 Å². The Morgan fingerprint density at radius 2 is 2.10 bits per heavy atom. The summed E-state index contributed by atoms with van der Waals surface area (Å²) in [4.78, 5) is 12.8. The first kappa shape index (κ1) is 21.3. The first-order chi connectivity index (χ1) is 13.7. The number of nitrogens with zero attached hydrogens (tertiary/aromatic N) is 2. The van der Waals surface area contributed by atoms with E-state index in [4.69, 9.17) is 9.26 Å². The molecule has 1 amide bonds. The number of nitrogens with one attached hydrogen (secondary N) is 1. The van der Waals surface area contributed by atoms with Crippen LogP contribution in [-0.4, -0.2) is 44.0 Å². The van der Waals surface area contributed by atoms with Crippen molar-refractivity contribution in [1.29, 1.82) is 0 Å². The van der Waals surface area contributed by atoms with Crippen LogP contribution in [0.25, 0.3) is 0 Å². The lowest BCUT2D eigenvalue weighted by Gasteiger charge is -2.31. The molecule has 1 aromatic carbocycles. The normalized spacial score (nSPS) is 17.9. The maximum absolute atomic E-state index is 13.0. The highest BCUT2D eigenvalue weighted by Crippen LogP contribution is 2.28. The van der Waals surface area contributed by atoms with Crippen molar-refractivity contribution >= 4 is 15.9 Å². The number of rotatable bonds is 6. The van der Waals surface area contributed by atoms with Gasteiger partial charge in [-0.25, -0.2) is 8.42 Å². The van der Waals surface area contributed by atoms with E-state index in [1.807, 2.05) is 25.1 Å². The molecule has 9 heteroatoms. The lowest BCUT2D eigenvalue weighted by Crippen LogP contribution is -2.45. The predicted molar refractivity (Wildman–Crippen MR) is 107 cm³/mol. The van der Waals surface area contributed by atoms with Crippen molar-refractivity contribution < 1.29 is 22.5 Å². The molecule has 158 valence electrons. The minimum Gasteiger partial charge on any atom is -0.496 e. The van der Waals surface area contributed by atoms with Gasteiger partial charge in [0, 0.05) is 19.6 Å². The van der Waals surface area contributed by atoms with Crippen LogP contribution < -0.4 is 10.1 Å². The molecule has 2 heterocycles. The van der Waals surface area contributed by atoms with Crippen LogP contribution in [-0.2, 0) is 21.4 Å². The third kappa shape index (κ3) is 4.45. The van der Waals surface area contributed by atoms with Crippen molar-refractivity contribution in [1.82, 2.24) is 14.8 Å². The lowest BCUT2D eigenvalue weighted by atomic mass is 9.98. The van der Waals surface area contributed by atoms with Crippen LogP contribution in [0.1, 0.15) is 35.4 Å². The number of carbonyl (C=O) groups is 1. The molecular weight excluding hydrogens is 394 g/mol. The van der Waals surface area contributed by atoms with Gasteiger partial charge in [-0.2, -0.15) is 4.31 Å². The van der Waals surface area contributed by atoms with Gasteiger partial charge in [0.15, 0.2) is 5.76 Å². The molecule has 0 radical (unpaired) electrons. The Labute approximate surface area is 171 Å². The second-order valence-corrected chi connectivity index (χ2v) is 9.25. The third-order valence-corrected chi connectivity index (χ3v) is 7.37. The number of amides is 1. The van der Waals surface area contributed by atoms with E-state index in [-0.39, 0.29) is 23.1 Å². The summed E-state index contributed by atoms with van der Waals surface area (Å²) in [5, 5.41) is 6.67. The Morgan fingerprint density at radius 3 is 2.76 bits per heavy atom. The summed E-state index contributed by atoms with van der Waals surface area (Å²) in [5.41, 5.74) is 2.29. The van der Waals surface area contributed by atoms with Crippen molar-refractivity contribution in [3.63, 3.8) is 0 Å². The zero-order valence-corrected chi connectivity index (χ0v) is 18.0. The monoisotopic (exact) mass is 421 g/mol. The van der Waals surface area contributed by atoms with Gasteiger partial charge in [0.05, 0.1) is 13.0 Å². The Hall–Kier alpha value is -2.39. The molecule has 1 fully saturated rings. The standard InChI is InChI=1S/C20H27N3O5S/c1-13-7-8-16(10-18(13)27-4)11-21-20(24)17-6-5-9-23(12-17)29(25,26)19-14(2)22-28-15(19)3/h7-8,10,17H,5-6,9,11-12H2,1-4H3,(H,21,24). The second-order valence-electron chi connectivity index (χ2n) is 7.38. The van der Waals surface area contributed by atoms with Gasteiger partial charge in [-0.15, -0.1) is 0 Å². The van der Waals surface area contributed by atoms with Gasteiger partial charge in [0.2, 0.25) is 15.9 Å². The number of benzene rings is 1. The van der Waals surface area contributed by atoms with E-state index in [1.165, 1.54) is 4.31 Å². The van der Waals surface area contributed by atoms with Gasteiger partial charge in [-0.05, 0) is 50.8 Å². The lowest BCUT2D eigenvalue weighted by molar-refractivity contribution is -0.126. The first-order valence-corrected chi connectivity index (χ1v) is 11.0. The molecule has 0 bridgehead atoms. The maximum Gasteiger partial charge on any atom is 0.248 e. The van der Waals surface area contributed by atoms with E-state index in [0.29, 0.717) is 31.6 Å². The zero-order valence-electron chi connectivity index (χ0n) is 17.2. The molecule has 0 spiro atoms. The topological polar surface area (TPSA) is 102 Å². The number of piperidine rings is 1. The quantitative estimate of drug-likeness (QED) is 0.768. The smallest absolute Gasteiger partial charge is 0.248 e. The van der Waals surface area contributed by atoms with Gasteiger partial charge < -0.3 is 14.6 Å². The van der Waals surface area contributed by atoms with Crippen molar-refractivity contribution in [3.8, 4) is 5.75 Å². The van der Waals surface area contributed by atoms with Crippen LogP contribution in [0.2, 0.25) is 0 Å².